The van der Waals surface area contributed by atoms with Crippen molar-refractivity contribution < 1.29 is 9.84 Å². The molecule has 0 saturated carbocycles. The highest BCUT2D eigenvalue weighted by atomic mass is 127. The topological polar surface area (TPSA) is 69.1 Å². The molecule has 0 aliphatic carbocycles. The largest absolute Gasteiger partial charge is 0.508 e. The van der Waals surface area contributed by atoms with Crippen LogP contribution in [0.2, 0.25) is 5.02 Å². The van der Waals surface area contributed by atoms with Crippen molar-refractivity contribution in [1.82, 2.24) is 15.5 Å². The highest BCUT2D eigenvalue weighted by Gasteiger charge is 2.20. The first-order chi connectivity index (χ1) is 14.6. The molecule has 1 aliphatic rings. The number of methoxy groups -OCH3 is 1. The van der Waals surface area contributed by atoms with Crippen LogP contribution < -0.4 is 15.4 Å². The Hall–Kier alpha value is -1.71. The number of likely N-dealkylation sites (tertiary alicyclic amines) is 1. The van der Waals surface area contributed by atoms with Gasteiger partial charge in [-0.2, -0.15) is 0 Å². The minimum atomic E-state index is 0. The molecule has 170 valence electrons. The summed E-state index contributed by atoms with van der Waals surface area (Å²) < 4.78 is 5.13. The Kier molecular flexibility index (Phi) is 10.7. The third-order valence-corrected chi connectivity index (χ3v) is 5.70. The van der Waals surface area contributed by atoms with Crippen molar-refractivity contribution in [2.45, 2.75) is 31.8 Å². The molecule has 1 aliphatic heterocycles. The van der Waals surface area contributed by atoms with Gasteiger partial charge in [0, 0.05) is 50.4 Å². The molecule has 2 aromatic carbocycles. The van der Waals surface area contributed by atoms with Crippen molar-refractivity contribution in [3.63, 3.8) is 0 Å². The molecule has 2 aromatic rings. The van der Waals surface area contributed by atoms with Crippen LogP contribution in [0.25, 0.3) is 0 Å². The minimum Gasteiger partial charge on any atom is -0.508 e. The standard InChI is InChI=1S/C23H31ClN4O2.HI/c1-25-23(26-12-9-18-5-8-21(30-2)15-22(18)29)27-20-10-13-28(14-11-20)16-17-3-6-19(24)7-4-17;/h3-8,15,20,29H,9-14,16H2,1-2H3,(H2,25,26,27);1H. The summed E-state index contributed by atoms with van der Waals surface area (Å²) in [4.78, 5) is 6.82. The van der Waals surface area contributed by atoms with E-state index in [1.807, 2.05) is 24.3 Å². The Labute approximate surface area is 207 Å². The van der Waals surface area contributed by atoms with Crippen LogP contribution in [-0.2, 0) is 13.0 Å². The van der Waals surface area contributed by atoms with E-state index >= 15 is 0 Å². The van der Waals surface area contributed by atoms with Crippen LogP contribution >= 0.6 is 35.6 Å². The smallest absolute Gasteiger partial charge is 0.191 e. The summed E-state index contributed by atoms with van der Waals surface area (Å²) in [6.45, 7) is 3.76. The molecule has 0 spiro atoms. The quantitative estimate of drug-likeness (QED) is 0.272. The second-order valence-corrected chi connectivity index (χ2v) is 8.00. The molecule has 0 aromatic heterocycles. The zero-order valence-electron chi connectivity index (χ0n) is 18.1. The Morgan fingerprint density at radius 1 is 1.19 bits per heavy atom. The molecule has 6 nitrogen and oxygen atoms in total. The number of piperidine rings is 1. The summed E-state index contributed by atoms with van der Waals surface area (Å²) in [5.74, 6) is 1.72. The molecule has 3 rings (SSSR count). The number of aliphatic imine (C=N–C) groups is 1. The summed E-state index contributed by atoms with van der Waals surface area (Å²) in [5.41, 5.74) is 2.18. The van der Waals surface area contributed by atoms with Gasteiger partial charge in [-0.1, -0.05) is 29.8 Å². The second-order valence-electron chi connectivity index (χ2n) is 7.56. The van der Waals surface area contributed by atoms with Gasteiger partial charge in [0.1, 0.15) is 11.5 Å². The molecule has 1 heterocycles. The zero-order valence-corrected chi connectivity index (χ0v) is 21.2. The van der Waals surface area contributed by atoms with Gasteiger partial charge in [0.2, 0.25) is 0 Å². The number of phenols is 1. The summed E-state index contributed by atoms with van der Waals surface area (Å²) >= 11 is 5.97. The van der Waals surface area contributed by atoms with Crippen molar-refractivity contribution in [2.24, 2.45) is 4.99 Å². The average molecular weight is 559 g/mol. The number of halogens is 2. The number of guanidine groups is 1. The molecule has 0 radical (unpaired) electrons. The van der Waals surface area contributed by atoms with E-state index in [1.165, 1.54) is 5.56 Å². The lowest BCUT2D eigenvalue weighted by Crippen LogP contribution is -2.48. The minimum absolute atomic E-state index is 0. The van der Waals surface area contributed by atoms with Crippen LogP contribution in [0.1, 0.15) is 24.0 Å². The Balaban J connectivity index is 0.00000341. The molecular formula is C23H32ClIN4O2. The predicted octanol–water partition coefficient (Wildman–Crippen LogP) is 4.04. The highest BCUT2D eigenvalue weighted by Crippen LogP contribution is 2.23. The number of hydrogen-bond acceptors (Lipinski definition) is 4. The Morgan fingerprint density at radius 3 is 2.52 bits per heavy atom. The summed E-state index contributed by atoms with van der Waals surface area (Å²) in [7, 11) is 3.38. The van der Waals surface area contributed by atoms with Crippen LogP contribution in [0.3, 0.4) is 0 Å². The molecule has 0 atom stereocenters. The van der Waals surface area contributed by atoms with Gasteiger partial charge in [0.25, 0.3) is 0 Å². The van der Waals surface area contributed by atoms with Gasteiger partial charge in [0.05, 0.1) is 7.11 Å². The highest BCUT2D eigenvalue weighted by molar-refractivity contribution is 14.0. The number of rotatable bonds is 7. The van der Waals surface area contributed by atoms with Gasteiger partial charge in [-0.15, -0.1) is 24.0 Å². The maximum absolute atomic E-state index is 10.1. The summed E-state index contributed by atoms with van der Waals surface area (Å²) in [6, 6.07) is 13.9. The van der Waals surface area contributed by atoms with Crippen molar-refractivity contribution in [1.29, 1.82) is 0 Å². The normalized spacial score (nSPS) is 15.3. The SMILES string of the molecule is CN=C(NCCc1ccc(OC)cc1O)NC1CCN(Cc2ccc(Cl)cc2)CC1.I. The van der Waals surface area contributed by atoms with E-state index < -0.39 is 0 Å². The van der Waals surface area contributed by atoms with E-state index in [0.717, 1.165) is 49.0 Å². The number of benzene rings is 2. The van der Waals surface area contributed by atoms with E-state index in [1.54, 1.807) is 20.2 Å². The van der Waals surface area contributed by atoms with E-state index in [9.17, 15) is 5.11 Å². The van der Waals surface area contributed by atoms with Gasteiger partial charge < -0.3 is 20.5 Å². The number of nitrogens with one attached hydrogen (secondary N) is 2. The molecular weight excluding hydrogens is 527 g/mol. The van der Waals surface area contributed by atoms with Gasteiger partial charge in [-0.25, -0.2) is 0 Å². The third kappa shape index (κ3) is 8.05. The van der Waals surface area contributed by atoms with Crippen molar-refractivity contribution >= 4 is 41.5 Å². The molecule has 8 heteroatoms. The summed E-state index contributed by atoms with van der Waals surface area (Å²) in [6.07, 6.45) is 2.86. The van der Waals surface area contributed by atoms with Crippen molar-refractivity contribution in [3.05, 3.63) is 58.6 Å². The Morgan fingerprint density at radius 2 is 1.90 bits per heavy atom. The van der Waals surface area contributed by atoms with Crippen LogP contribution in [0, 0.1) is 0 Å². The lowest BCUT2D eigenvalue weighted by Gasteiger charge is -2.33. The lowest BCUT2D eigenvalue weighted by atomic mass is 10.0. The molecule has 1 fully saturated rings. The molecule has 0 unspecified atom stereocenters. The number of nitrogens with zero attached hydrogens (tertiary/aromatic N) is 2. The molecule has 0 bridgehead atoms. The van der Waals surface area contributed by atoms with Crippen LogP contribution in [0.4, 0.5) is 0 Å². The van der Waals surface area contributed by atoms with E-state index in [2.05, 4.69) is 32.7 Å². The first kappa shape index (κ1) is 25.5. The van der Waals surface area contributed by atoms with E-state index in [4.69, 9.17) is 16.3 Å². The molecule has 0 amide bonds. The first-order valence-corrected chi connectivity index (χ1v) is 10.7. The molecule has 3 N–H and O–H groups in total. The fraction of sp³-hybridized carbons (Fsp3) is 0.435. The maximum atomic E-state index is 10.1. The molecule has 1 saturated heterocycles. The van der Waals surface area contributed by atoms with E-state index in [-0.39, 0.29) is 29.7 Å². The van der Waals surface area contributed by atoms with Gasteiger partial charge in [-0.3, -0.25) is 9.89 Å². The first-order valence-electron chi connectivity index (χ1n) is 10.4. The van der Waals surface area contributed by atoms with Crippen molar-refractivity contribution in [3.8, 4) is 11.5 Å². The molecule has 31 heavy (non-hydrogen) atoms. The predicted molar refractivity (Wildman–Crippen MR) is 138 cm³/mol. The van der Waals surface area contributed by atoms with Crippen LogP contribution in [0.15, 0.2) is 47.5 Å². The second kappa shape index (κ2) is 13.0. The van der Waals surface area contributed by atoms with Crippen LogP contribution in [0.5, 0.6) is 11.5 Å². The lowest BCUT2D eigenvalue weighted by molar-refractivity contribution is 0.198. The Bertz CT molecular complexity index is 840. The third-order valence-electron chi connectivity index (χ3n) is 5.45. The average Bonchev–Trinajstić information content (AvgIpc) is 2.76. The van der Waals surface area contributed by atoms with E-state index in [0.29, 0.717) is 24.8 Å². The zero-order chi connectivity index (χ0) is 21.3. The number of phenolic OH excluding ortho intramolecular Hbond substituents is 1. The van der Waals surface area contributed by atoms with Crippen molar-refractivity contribution in [2.75, 3.05) is 33.8 Å². The monoisotopic (exact) mass is 558 g/mol. The number of hydrogen-bond donors (Lipinski definition) is 3. The fourth-order valence-electron chi connectivity index (χ4n) is 3.67. The number of aromatic hydroxyl groups is 1. The fourth-order valence-corrected chi connectivity index (χ4v) is 3.80. The van der Waals surface area contributed by atoms with Gasteiger partial charge in [0.15, 0.2) is 5.96 Å². The van der Waals surface area contributed by atoms with Gasteiger partial charge in [-0.05, 0) is 48.6 Å². The summed E-state index contributed by atoms with van der Waals surface area (Å²) in [5, 5.41) is 17.7. The maximum Gasteiger partial charge on any atom is 0.191 e. The van der Waals surface area contributed by atoms with Gasteiger partial charge >= 0.3 is 0 Å². The van der Waals surface area contributed by atoms with Crippen LogP contribution in [-0.4, -0.2) is 55.8 Å². The number of ether oxygens (including phenoxy) is 1.